The molecule has 0 radical (unpaired) electrons. The molecule has 2 aromatic heterocycles. The van der Waals surface area contributed by atoms with E-state index in [1.54, 1.807) is 6.92 Å². The number of hydrogen-bond donors (Lipinski definition) is 1. The number of fused-ring (bicyclic) bond motifs is 1. The number of nitrogens with two attached hydrogens (primary N) is 1. The normalized spacial score (nSPS) is 13.9. The largest absolute Gasteiger partial charge is 0.545 e. The molecular formula is C20H15F2N2O3-. The fourth-order valence-electron chi connectivity index (χ4n) is 3.50. The standard InChI is InChI=1S/C20H16F2N2O3/c1-9-12(11-6-15(21)17(23)16(22)7-11)4-5-24-18(9)13(10-2-3-10)8-14(19(24)25)20(26)27/h4-8,10H,2-3,23H2,1H3,(H,26,27)/p-1. The maximum Gasteiger partial charge on any atom is 0.264 e. The fraction of sp³-hybridized carbons (Fsp3) is 0.200. The predicted molar refractivity (Wildman–Crippen MR) is 94.5 cm³/mol. The van der Waals surface area contributed by atoms with Gasteiger partial charge in [-0.1, -0.05) is 0 Å². The summed E-state index contributed by atoms with van der Waals surface area (Å²) < 4.78 is 29.1. The van der Waals surface area contributed by atoms with E-state index < -0.39 is 34.4 Å². The number of pyridine rings is 2. The van der Waals surface area contributed by atoms with Crippen LogP contribution >= 0.6 is 0 Å². The summed E-state index contributed by atoms with van der Waals surface area (Å²) in [6.45, 7) is 1.74. The first kappa shape index (κ1) is 17.2. The van der Waals surface area contributed by atoms with E-state index in [9.17, 15) is 23.5 Å². The quantitative estimate of drug-likeness (QED) is 0.718. The molecule has 1 saturated carbocycles. The van der Waals surface area contributed by atoms with Crippen molar-refractivity contribution in [2.75, 3.05) is 5.73 Å². The minimum Gasteiger partial charge on any atom is -0.545 e. The van der Waals surface area contributed by atoms with Crippen LogP contribution in [-0.4, -0.2) is 10.4 Å². The summed E-state index contributed by atoms with van der Waals surface area (Å²) in [6, 6.07) is 5.18. The maximum atomic E-state index is 13.9. The second kappa shape index (κ2) is 5.90. The van der Waals surface area contributed by atoms with Crippen LogP contribution in [0.4, 0.5) is 14.5 Å². The molecule has 0 aliphatic heterocycles. The summed E-state index contributed by atoms with van der Waals surface area (Å²) >= 11 is 0. The third-order valence-electron chi connectivity index (χ3n) is 5.04. The second-order valence-corrected chi connectivity index (χ2v) is 6.81. The van der Waals surface area contributed by atoms with Crippen molar-refractivity contribution >= 4 is 17.2 Å². The number of benzene rings is 1. The number of carboxylic acids is 1. The predicted octanol–water partition coefficient (Wildman–Crippen LogP) is 2.38. The van der Waals surface area contributed by atoms with Crippen LogP contribution in [0.1, 0.15) is 40.2 Å². The molecule has 0 unspecified atom stereocenters. The van der Waals surface area contributed by atoms with Gasteiger partial charge in [-0.05, 0) is 72.2 Å². The molecule has 4 rings (SSSR count). The highest BCUT2D eigenvalue weighted by Gasteiger charge is 2.28. The van der Waals surface area contributed by atoms with Crippen molar-refractivity contribution < 1.29 is 18.7 Å². The van der Waals surface area contributed by atoms with Crippen molar-refractivity contribution in [1.82, 2.24) is 4.40 Å². The average molecular weight is 369 g/mol. The summed E-state index contributed by atoms with van der Waals surface area (Å²) in [5.74, 6) is -3.11. The van der Waals surface area contributed by atoms with Crippen LogP contribution in [0.2, 0.25) is 0 Å². The smallest absolute Gasteiger partial charge is 0.264 e. The number of anilines is 1. The Morgan fingerprint density at radius 1 is 1.22 bits per heavy atom. The van der Waals surface area contributed by atoms with Crippen LogP contribution < -0.4 is 16.4 Å². The third kappa shape index (κ3) is 2.66. The van der Waals surface area contributed by atoms with Crippen molar-refractivity contribution in [2.45, 2.75) is 25.7 Å². The maximum absolute atomic E-state index is 13.9. The number of nitrogens with zero attached hydrogens (tertiary/aromatic N) is 1. The molecule has 27 heavy (non-hydrogen) atoms. The first-order chi connectivity index (χ1) is 12.8. The Morgan fingerprint density at radius 3 is 2.41 bits per heavy atom. The van der Waals surface area contributed by atoms with Gasteiger partial charge < -0.3 is 15.6 Å². The summed E-state index contributed by atoms with van der Waals surface area (Å²) in [4.78, 5) is 23.8. The number of nitrogen functional groups attached to an aromatic ring is 1. The first-order valence-electron chi connectivity index (χ1n) is 8.44. The molecule has 0 saturated heterocycles. The van der Waals surface area contributed by atoms with Crippen molar-refractivity contribution in [2.24, 2.45) is 0 Å². The van der Waals surface area contributed by atoms with Gasteiger partial charge in [-0.2, -0.15) is 0 Å². The van der Waals surface area contributed by atoms with Gasteiger partial charge in [-0.3, -0.25) is 9.20 Å². The Labute approximate surface area is 152 Å². The lowest BCUT2D eigenvalue weighted by Crippen LogP contribution is -2.32. The highest BCUT2D eigenvalue weighted by atomic mass is 19.1. The van der Waals surface area contributed by atoms with E-state index in [0.717, 1.165) is 30.5 Å². The van der Waals surface area contributed by atoms with Crippen LogP contribution in [0.15, 0.2) is 35.3 Å². The first-order valence-corrected chi connectivity index (χ1v) is 8.44. The number of hydrogen-bond acceptors (Lipinski definition) is 4. The molecule has 2 N–H and O–H groups in total. The molecule has 0 amide bonds. The summed E-state index contributed by atoms with van der Waals surface area (Å²) in [7, 11) is 0. The molecule has 0 bridgehead atoms. The molecule has 1 aliphatic carbocycles. The Kier molecular flexibility index (Phi) is 3.76. The number of carbonyl (C=O) groups is 1. The van der Waals surface area contributed by atoms with E-state index in [0.29, 0.717) is 16.6 Å². The van der Waals surface area contributed by atoms with Gasteiger partial charge in [0.25, 0.3) is 5.56 Å². The molecule has 7 heteroatoms. The Morgan fingerprint density at radius 2 is 1.85 bits per heavy atom. The number of aromatic carboxylic acids is 1. The Hall–Kier alpha value is -3.22. The van der Waals surface area contributed by atoms with E-state index in [2.05, 4.69) is 0 Å². The molecule has 1 aliphatic rings. The van der Waals surface area contributed by atoms with Crippen molar-refractivity contribution in [3.8, 4) is 11.1 Å². The third-order valence-corrected chi connectivity index (χ3v) is 5.04. The number of aromatic nitrogens is 1. The molecule has 5 nitrogen and oxygen atoms in total. The molecule has 1 fully saturated rings. The van der Waals surface area contributed by atoms with Crippen molar-refractivity contribution in [3.05, 3.63) is 69.1 Å². The van der Waals surface area contributed by atoms with E-state index in [4.69, 9.17) is 5.73 Å². The lowest BCUT2D eigenvalue weighted by Gasteiger charge is -2.16. The number of carbonyl (C=O) groups excluding carboxylic acids is 1. The zero-order valence-corrected chi connectivity index (χ0v) is 14.4. The lowest BCUT2D eigenvalue weighted by atomic mass is 9.96. The SMILES string of the molecule is Cc1c(-c2cc(F)c(N)c(F)c2)ccn2c(=O)c(C(=O)[O-])cc(C3CC3)c12. The van der Waals surface area contributed by atoms with Crippen molar-refractivity contribution in [3.63, 3.8) is 0 Å². The topological polar surface area (TPSA) is 87.6 Å². The van der Waals surface area contributed by atoms with Crippen LogP contribution in [0.25, 0.3) is 16.6 Å². The van der Waals surface area contributed by atoms with Crippen LogP contribution in [0.5, 0.6) is 0 Å². The molecule has 0 spiro atoms. The van der Waals surface area contributed by atoms with E-state index in [1.807, 2.05) is 0 Å². The van der Waals surface area contributed by atoms with Crippen molar-refractivity contribution in [1.29, 1.82) is 0 Å². The number of rotatable bonds is 3. The zero-order chi connectivity index (χ0) is 19.5. The minimum atomic E-state index is -1.53. The summed E-state index contributed by atoms with van der Waals surface area (Å²) in [5, 5.41) is 11.3. The number of aryl methyl sites for hydroxylation is 1. The van der Waals surface area contributed by atoms with Gasteiger partial charge in [-0.15, -0.1) is 0 Å². The highest BCUT2D eigenvalue weighted by molar-refractivity contribution is 5.88. The van der Waals surface area contributed by atoms with Crippen LogP contribution in [0, 0.1) is 18.6 Å². The van der Waals surface area contributed by atoms with E-state index >= 15 is 0 Å². The van der Waals surface area contributed by atoms with Gasteiger partial charge in [0.1, 0.15) is 17.3 Å². The Bertz CT molecular complexity index is 1160. The fourth-order valence-corrected chi connectivity index (χ4v) is 3.50. The average Bonchev–Trinajstić information content (AvgIpc) is 3.45. The minimum absolute atomic E-state index is 0.146. The molecule has 3 aromatic rings. The highest BCUT2D eigenvalue weighted by Crippen LogP contribution is 2.43. The van der Waals surface area contributed by atoms with Gasteiger partial charge in [0, 0.05) is 6.20 Å². The molecular weight excluding hydrogens is 354 g/mol. The van der Waals surface area contributed by atoms with Gasteiger partial charge in [0.05, 0.1) is 17.0 Å². The Balaban J connectivity index is 2.05. The van der Waals surface area contributed by atoms with Crippen LogP contribution in [-0.2, 0) is 0 Å². The molecule has 0 atom stereocenters. The van der Waals surface area contributed by atoms with Gasteiger partial charge in [0.15, 0.2) is 0 Å². The van der Waals surface area contributed by atoms with Gasteiger partial charge in [-0.25, -0.2) is 8.78 Å². The monoisotopic (exact) mass is 369 g/mol. The summed E-state index contributed by atoms with van der Waals surface area (Å²) in [5.41, 5.74) is 6.43. The zero-order valence-electron chi connectivity index (χ0n) is 14.4. The summed E-state index contributed by atoms with van der Waals surface area (Å²) in [6.07, 6.45) is 3.19. The molecule has 1 aromatic carbocycles. The van der Waals surface area contributed by atoms with E-state index in [1.165, 1.54) is 22.7 Å². The van der Waals surface area contributed by atoms with E-state index in [-0.39, 0.29) is 11.5 Å². The van der Waals surface area contributed by atoms with Crippen LogP contribution in [0.3, 0.4) is 0 Å². The molecule has 2 heterocycles. The van der Waals surface area contributed by atoms with Gasteiger partial charge >= 0.3 is 0 Å². The van der Waals surface area contributed by atoms with Gasteiger partial charge in [0.2, 0.25) is 0 Å². The molecule has 138 valence electrons. The number of carboxylic acid groups (broad SMARTS) is 1. The second-order valence-electron chi connectivity index (χ2n) is 6.81. The number of halogens is 2. The lowest BCUT2D eigenvalue weighted by molar-refractivity contribution is -0.255.